The number of aromatic nitrogens is 1. The molecule has 1 aromatic carbocycles. The van der Waals surface area contributed by atoms with Gasteiger partial charge in [-0.25, -0.2) is 4.98 Å². The molecule has 5 heteroatoms. The molecule has 0 saturated heterocycles. The zero-order valence-electron chi connectivity index (χ0n) is 10.8. The molecule has 100 valence electrons. The van der Waals surface area contributed by atoms with Gasteiger partial charge in [0.1, 0.15) is 9.88 Å². The van der Waals surface area contributed by atoms with Gasteiger partial charge in [-0.2, -0.15) is 0 Å². The minimum absolute atomic E-state index is 0.0830. The topological polar surface area (TPSA) is 68.0 Å². The number of hydrogen-bond acceptors (Lipinski definition) is 4. The van der Waals surface area contributed by atoms with E-state index < -0.39 is 0 Å². The predicted molar refractivity (Wildman–Crippen MR) is 78.1 cm³/mol. The minimum atomic E-state index is -0.0830. The lowest BCUT2D eigenvalue weighted by Gasteiger charge is -2.05. The van der Waals surface area contributed by atoms with E-state index in [0.29, 0.717) is 11.4 Å². The number of nitrogens with zero attached hydrogens (tertiary/aromatic N) is 1. The van der Waals surface area contributed by atoms with Crippen LogP contribution < -0.4 is 11.1 Å². The minimum Gasteiger partial charge on any atom is -0.351 e. The molecule has 4 nitrogen and oxygen atoms in total. The van der Waals surface area contributed by atoms with Crippen LogP contribution in [0.5, 0.6) is 0 Å². The Bertz CT molecular complexity index is 537. The second-order valence-corrected chi connectivity index (χ2v) is 5.45. The first-order valence-electron chi connectivity index (χ1n) is 6.22. The van der Waals surface area contributed by atoms with E-state index in [-0.39, 0.29) is 11.9 Å². The van der Waals surface area contributed by atoms with E-state index in [1.807, 2.05) is 37.3 Å². The summed E-state index contributed by atoms with van der Waals surface area (Å²) in [4.78, 5) is 16.8. The van der Waals surface area contributed by atoms with E-state index in [2.05, 4.69) is 10.3 Å². The molecule has 19 heavy (non-hydrogen) atoms. The van der Waals surface area contributed by atoms with Crippen molar-refractivity contribution in [2.45, 2.75) is 19.4 Å². The molecule has 0 saturated carbocycles. The number of nitrogens with two attached hydrogens (primary N) is 1. The Balaban J connectivity index is 1.99. The first-order chi connectivity index (χ1) is 9.16. The lowest BCUT2D eigenvalue weighted by Crippen LogP contribution is -2.28. The van der Waals surface area contributed by atoms with Crippen molar-refractivity contribution in [1.29, 1.82) is 0 Å². The maximum Gasteiger partial charge on any atom is 0.263 e. The zero-order valence-corrected chi connectivity index (χ0v) is 11.6. The van der Waals surface area contributed by atoms with E-state index in [1.165, 1.54) is 11.3 Å². The van der Waals surface area contributed by atoms with Crippen molar-refractivity contribution in [1.82, 2.24) is 10.3 Å². The van der Waals surface area contributed by atoms with Gasteiger partial charge < -0.3 is 11.1 Å². The maximum atomic E-state index is 11.9. The molecule has 2 aromatic rings. The highest BCUT2D eigenvalue weighted by Gasteiger charge is 2.11. The molecule has 1 heterocycles. The molecule has 1 amide bonds. The summed E-state index contributed by atoms with van der Waals surface area (Å²) in [5, 5.41) is 3.71. The van der Waals surface area contributed by atoms with Crippen molar-refractivity contribution < 1.29 is 4.79 Å². The van der Waals surface area contributed by atoms with E-state index in [4.69, 9.17) is 5.73 Å². The monoisotopic (exact) mass is 275 g/mol. The number of amides is 1. The van der Waals surface area contributed by atoms with Crippen LogP contribution in [0.1, 0.15) is 23.0 Å². The highest BCUT2D eigenvalue weighted by Crippen LogP contribution is 2.24. The van der Waals surface area contributed by atoms with Crippen molar-refractivity contribution in [3.63, 3.8) is 0 Å². The molecule has 0 aliphatic heterocycles. The Hall–Kier alpha value is -1.72. The van der Waals surface area contributed by atoms with Gasteiger partial charge >= 0.3 is 0 Å². The summed E-state index contributed by atoms with van der Waals surface area (Å²) in [6, 6.07) is 9.94. The predicted octanol–water partition coefficient (Wildman–Crippen LogP) is 2.28. The molecule has 0 spiro atoms. The molecule has 1 unspecified atom stereocenters. The van der Waals surface area contributed by atoms with Gasteiger partial charge in [0.25, 0.3) is 5.91 Å². The molecule has 0 aliphatic rings. The number of rotatable bonds is 5. The van der Waals surface area contributed by atoms with Gasteiger partial charge in [-0.15, -0.1) is 11.3 Å². The van der Waals surface area contributed by atoms with Crippen LogP contribution in [-0.2, 0) is 0 Å². The molecule has 0 radical (unpaired) electrons. The number of hydrogen-bond donors (Lipinski definition) is 2. The normalized spacial score (nSPS) is 12.1. The van der Waals surface area contributed by atoms with Crippen LogP contribution in [0.25, 0.3) is 10.6 Å². The molecule has 0 aliphatic carbocycles. The quantitative estimate of drug-likeness (QED) is 0.879. The average molecular weight is 275 g/mol. The Morgan fingerprint density at radius 3 is 2.84 bits per heavy atom. The fraction of sp³-hybridized carbons (Fsp3) is 0.286. The van der Waals surface area contributed by atoms with Crippen LogP contribution in [0.15, 0.2) is 36.5 Å². The third kappa shape index (κ3) is 3.87. The van der Waals surface area contributed by atoms with Gasteiger partial charge in [0.05, 0.1) is 6.20 Å². The Morgan fingerprint density at radius 2 is 2.16 bits per heavy atom. The highest BCUT2D eigenvalue weighted by molar-refractivity contribution is 7.16. The van der Waals surface area contributed by atoms with Crippen molar-refractivity contribution in [3.8, 4) is 10.6 Å². The van der Waals surface area contributed by atoms with E-state index in [1.54, 1.807) is 6.20 Å². The second-order valence-electron chi connectivity index (χ2n) is 4.42. The molecular weight excluding hydrogens is 258 g/mol. The number of thiazole rings is 1. The molecule has 3 N–H and O–H groups in total. The number of carbonyl (C=O) groups excluding carboxylic acids is 1. The van der Waals surface area contributed by atoms with E-state index >= 15 is 0 Å². The van der Waals surface area contributed by atoms with Gasteiger partial charge in [-0.3, -0.25) is 4.79 Å². The summed E-state index contributed by atoms with van der Waals surface area (Å²) in [6.45, 7) is 2.52. The summed E-state index contributed by atoms with van der Waals surface area (Å²) >= 11 is 1.40. The lowest BCUT2D eigenvalue weighted by molar-refractivity contribution is 0.0956. The molecule has 1 aromatic heterocycles. The van der Waals surface area contributed by atoms with Gasteiger partial charge in [-0.1, -0.05) is 30.3 Å². The van der Waals surface area contributed by atoms with Crippen molar-refractivity contribution in [2.75, 3.05) is 6.54 Å². The molecule has 0 bridgehead atoms. The van der Waals surface area contributed by atoms with Crippen LogP contribution in [0, 0.1) is 0 Å². The Morgan fingerprint density at radius 1 is 1.42 bits per heavy atom. The summed E-state index contributed by atoms with van der Waals surface area (Å²) in [5.41, 5.74) is 6.67. The SMILES string of the molecule is CC(N)CCNC(=O)c1cnc(-c2ccccc2)s1. The van der Waals surface area contributed by atoms with Crippen LogP contribution in [-0.4, -0.2) is 23.5 Å². The largest absolute Gasteiger partial charge is 0.351 e. The summed E-state index contributed by atoms with van der Waals surface area (Å²) in [7, 11) is 0. The molecule has 2 rings (SSSR count). The molecular formula is C14H17N3OS. The van der Waals surface area contributed by atoms with Crippen molar-refractivity contribution in [3.05, 3.63) is 41.4 Å². The van der Waals surface area contributed by atoms with Gasteiger partial charge in [0, 0.05) is 18.2 Å². The smallest absolute Gasteiger partial charge is 0.263 e. The fourth-order valence-corrected chi connectivity index (χ4v) is 2.43. The van der Waals surface area contributed by atoms with Crippen LogP contribution in [0.3, 0.4) is 0 Å². The van der Waals surface area contributed by atoms with E-state index in [9.17, 15) is 4.79 Å². The number of benzene rings is 1. The van der Waals surface area contributed by atoms with E-state index in [0.717, 1.165) is 17.0 Å². The van der Waals surface area contributed by atoms with Gasteiger partial charge in [-0.05, 0) is 13.3 Å². The van der Waals surface area contributed by atoms with Gasteiger partial charge in [0.15, 0.2) is 0 Å². The lowest BCUT2D eigenvalue weighted by atomic mass is 10.2. The second kappa shape index (κ2) is 6.45. The average Bonchev–Trinajstić information content (AvgIpc) is 2.89. The summed E-state index contributed by atoms with van der Waals surface area (Å²) in [6.07, 6.45) is 2.39. The third-order valence-electron chi connectivity index (χ3n) is 2.64. The maximum absolute atomic E-state index is 11.9. The first kappa shape index (κ1) is 13.7. The molecule has 1 atom stereocenters. The van der Waals surface area contributed by atoms with Crippen LogP contribution >= 0.6 is 11.3 Å². The highest BCUT2D eigenvalue weighted by atomic mass is 32.1. The van der Waals surface area contributed by atoms with Crippen molar-refractivity contribution >= 4 is 17.2 Å². The van der Waals surface area contributed by atoms with Crippen molar-refractivity contribution in [2.24, 2.45) is 5.73 Å². The fourth-order valence-electron chi connectivity index (χ4n) is 1.59. The zero-order chi connectivity index (χ0) is 13.7. The summed E-state index contributed by atoms with van der Waals surface area (Å²) < 4.78 is 0. The standard InChI is InChI=1S/C14H17N3OS/c1-10(15)7-8-16-13(18)12-9-17-14(19-12)11-5-3-2-4-6-11/h2-6,9-10H,7-8,15H2,1H3,(H,16,18). The van der Waals surface area contributed by atoms with Crippen LogP contribution in [0.4, 0.5) is 0 Å². The Kier molecular flexibility index (Phi) is 4.65. The van der Waals surface area contributed by atoms with Gasteiger partial charge in [0.2, 0.25) is 0 Å². The third-order valence-corrected chi connectivity index (χ3v) is 3.68. The first-order valence-corrected chi connectivity index (χ1v) is 7.03. The summed E-state index contributed by atoms with van der Waals surface area (Å²) in [5.74, 6) is -0.0830. The molecule has 0 fully saturated rings. The Labute approximate surface area is 116 Å². The van der Waals surface area contributed by atoms with Crippen LogP contribution in [0.2, 0.25) is 0 Å². The number of nitrogens with one attached hydrogen (secondary N) is 1. The number of carbonyl (C=O) groups is 1.